The zero-order valence-electron chi connectivity index (χ0n) is 7.67. The number of phenols is 1. The van der Waals surface area contributed by atoms with E-state index in [-0.39, 0.29) is 10.9 Å². The lowest BCUT2D eigenvalue weighted by molar-refractivity contribution is 0.468. The number of phenolic OH excluding ortho intramolecular Hbond substituents is 1. The Morgan fingerprint density at radius 3 is 2.62 bits per heavy atom. The monoisotopic (exact) mass is 429 g/mol. The van der Waals surface area contributed by atoms with Crippen molar-refractivity contribution in [2.45, 2.75) is 0 Å². The van der Waals surface area contributed by atoms with Gasteiger partial charge in [0.15, 0.2) is 5.11 Å². The van der Waals surface area contributed by atoms with Crippen molar-refractivity contribution in [2.75, 3.05) is 0 Å². The molecule has 16 heavy (non-hydrogen) atoms. The van der Waals surface area contributed by atoms with E-state index >= 15 is 0 Å². The maximum atomic E-state index is 9.67. The Bertz CT molecular complexity index is 464. The van der Waals surface area contributed by atoms with Crippen molar-refractivity contribution in [3.05, 3.63) is 25.0 Å². The summed E-state index contributed by atoms with van der Waals surface area (Å²) >= 11 is 14.4. The highest BCUT2D eigenvalue weighted by Gasteiger charge is 2.11. The number of rotatable bonds is 2. The number of aromatic hydroxyl groups is 1. The average molecular weight is 432 g/mol. The number of hydrogen-bond donors (Lipinski definition) is 3. The third kappa shape index (κ3) is 3.41. The molecule has 0 amide bonds. The van der Waals surface area contributed by atoms with Crippen LogP contribution in [0, 0.1) is 0 Å². The molecule has 0 atom stereocenters. The van der Waals surface area contributed by atoms with Gasteiger partial charge >= 0.3 is 0 Å². The van der Waals surface area contributed by atoms with E-state index in [1.54, 1.807) is 6.07 Å². The zero-order valence-corrected chi connectivity index (χ0v) is 13.2. The van der Waals surface area contributed by atoms with Gasteiger partial charge < -0.3 is 10.8 Å². The van der Waals surface area contributed by atoms with Crippen LogP contribution in [0.15, 0.2) is 24.6 Å². The van der Waals surface area contributed by atoms with E-state index in [9.17, 15) is 5.11 Å². The smallest absolute Gasteiger partial charge is 0.184 e. The largest absolute Gasteiger partial charge is 0.506 e. The van der Waals surface area contributed by atoms with Crippen molar-refractivity contribution in [1.82, 2.24) is 5.43 Å². The molecular weight excluding hydrogens is 426 g/mol. The molecule has 0 heterocycles. The molecular formula is C8H6Br3N3OS. The van der Waals surface area contributed by atoms with Gasteiger partial charge in [0, 0.05) is 10.0 Å². The molecule has 0 radical (unpaired) electrons. The molecule has 8 heteroatoms. The van der Waals surface area contributed by atoms with Crippen LogP contribution < -0.4 is 11.2 Å². The SMILES string of the molecule is NC(=S)NN=Cc1c(Br)cc(Br)c(O)c1Br. The summed E-state index contributed by atoms with van der Waals surface area (Å²) in [6.07, 6.45) is 1.49. The zero-order chi connectivity index (χ0) is 12.3. The Morgan fingerprint density at radius 1 is 1.44 bits per heavy atom. The molecule has 0 aliphatic carbocycles. The van der Waals surface area contributed by atoms with Crippen molar-refractivity contribution in [2.24, 2.45) is 10.8 Å². The number of hydrogen-bond acceptors (Lipinski definition) is 3. The van der Waals surface area contributed by atoms with E-state index in [0.29, 0.717) is 14.5 Å². The first-order chi connectivity index (χ1) is 7.43. The van der Waals surface area contributed by atoms with Gasteiger partial charge in [-0.05, 0) is 50.1 Å². The minimum absolute atomic E-state index is 0.0739. The molecule has 0 aliphatic heterocycles. The van der Waals surface area contributed by atoms with Crippen molar-refractivity contribution in [1.29, 1.82) is 0 Å². The van der Waals surface area contributed by atoms with Gasteiger partial charge in [-0.1, -0.05) is 15.9 Å². The maximum Gasteiger partial charge on any atom is 0.184 e. The first-order valence-corrected chi connectivity index (χ1v) is 6.67. The molecule has 0 fully saturated rings. The van der Waals surface area contributed by atoms with Crippen LogP contribution in [0.5, 0.6) is 5.75 Å². The van der Waals surface area contributed by atoms with Crippen molar-refractivity contribution in [3.63, 3.8) is 0 Å². The standard InChI is InChI=1S/C8H6Br3N3OS/c9-4-1-5(10)7(15)6(11)3(4)2-13-14-8(12)16/h1-2,15H,(H3,12,14,16). The lowest BCUT2D eigenvalue weighted by Crippen LogP contribution is -2.24. The predicted molar refractivity (Wildman–Crippen MR) is 78.7 cm³/mol. The van der Waals surface area contributed by atoms with E-state index < -0.39 is 0 Å². The van der Waals surface area contributed by atoms with E-state index in [1.165, 1.54) is 6.21 Å². The summed E-state index contributed by atoms with van der Waals surface area (Å²) in [5.41, 5.74) is 8.31. The predicted octanol–water partition coefficient (Wildman–Crippen LogP) is 2.85. The first kappa shape index (κ1) is 13.9. The number of nitrogens with two attached hydrogens (primary N) is 1. The lowest BCUT2D eigenvalue weighted by Gasteiger charge is -2.06. The van der Waals surface area contributed by atoms with Gasteiger partial charge in [0.25, 0.3) is 0 Å². The first-order valence-electron chi connectivity index (χ1n) is 3.88. The fraction of sp³-hybridized carbons (Fsp3) is 0. The van der Waals surface area contributed by atoms with Gasteiger partial charge in [-0.2, -0.15) is 5.10 Å². The minimum atomic E-state index is 0.0739. The quantitative estimate of drug-likeness (QED) is 0.382. The molecule has 4 N–H and O–H groups in total. The molecule has 4 nitrogen and oxygen atoms in total. The second-order valence-electron chi connectivity index (χ2n) is 2.65. The van der Waals surface area contributed by atoms with E-state index in [2.05, 4.69) is 70.5 Å². The van der Waals surface area contributed by atoms with Crippen molar-refractivity contribution >= 4 is 71.3 Å². The van der Waals surface area contributed by atoms with Crippen LogP contribution in [-0.4, -0.2) is 16.4 Å². The fourth-order valence-corrected chi connectivity index (χ4v) is 3.25. The Labute approximate surface area is 123 Å². The molecule has 0 unspecified atom stereocenters. The highest BCUT2D eigenvalue weighted by molar-refractivity contribution is 9.11. The van der Waals surface area contributed by atoms with E-state index in [1.807, 2.05) is 0 Å². The molecule has 1 aromatic rings. The van der Waals surface area contributed by atoms with Gasteiger partial charge in [0.2, 0.25) is 0 Å². The van der Waals surface area contributed by atoms with Crippen LogP contribution in [0.2, 0.25) is 0 Å². The van der Waals surface area contributed by atoms with Crippen LogP contribution in [0.25, 0.3) is 0 Å². The van der Waals surface area contributed by atoms with Gasteiger partial charge in [-0.25, -0.2) is 0 Å². The second kappa shape index (κ2) is 5.95. The molecule has 1 aromatic carbocycles. The van der Waals surface area contributed by atoms with Crippen molar-refractivity contribution < 1.29 is 5.11 Å². The molecule has 0 spiro atoms. The van der Waals surface area contributed by atoms with Gasteiger partial charge in [-0.3, -0.25) is 5.43 Å². The Balaban J connectivity index is 3.09. The summed E-state index contributed by atoms with van der Waals surface area (Å²) in [7, 11) is 0. The average Bonchev–Trinajstić information content (AvgIpc) is 2.19. The number of thiocarbonyl (C=S) groups is 1. The maximum absolute atomic E-state index is 9.67. The summed E-state index contributed by atoms with van der Waals surface area (Å²) in [5.74, 6) is 0.0972. The molecule has 0 saturated heterocycles. The Kier molecular flexibility index (Phi) is 5.16. The number of benzene rings is 1. The summed E-state index contributed by atoms with van der Waals surface area (Å²) in [6, 6.07) is 1.71. The number of hydrazone groups is 1. The summed E-state index contributed by atoms with van der Waals surface area (Å²) in [5, 5.41) is 13.6. The van der Waals surface area contributed by atoms with Crippen LogP contribution in [0.1, 0.15) is 5.56 Å². The van der Waals surface area contributed by atoms with Gasteiger partial charge in [0.05, 0.1) is 15.2 Å². The summed E-state index contributed by atoms with van der Waals surface area (Å²) in [6.45, 7) is 0. The van der Waals surface area contributed by atoms with Crippen LogP contribution in [0.4, 0.5) is 0 Å². The minimum Gasteiger partial charge on any atom is -0.506 e. The van der Waals surface area contributed by atoms with Gasteiger partial charge in [-0.15, -0.1) is 0 Å². The number of nitrogens with zero attached hydrogens (tertiary/aromatic N) is 1. The molecule has 86 valence electrons. The summed E-state index contributed by atoms with van der Waals surface area (Å²) in [4.78, 5) is 0. The van der Waals surface area contributed by atoms with Crippen molar-refractivity contribution in [3.8, 4) is 5.75 Å². The third-order valence-corrected chi connectivity index (χ3v) is 3.70. The van der Waals surface area contributed by atoms with Crippen LogP contribution >= 0.6 is 60.0 Å². The highest BCUT2D eigenvalue weighted by atomic mass is 79.9. The Morgan fingerprint density at radius 2 is 2.06 bits per heavy atom. The highest BCUT2D eigenvalue weighted by Crippen LogP contribution is 2.38. The number of halogens is 3. The van der Waals surface area contributed by atoms with Crippen LogP contribution in [-0.2, 0) is 0 Å². The summed E-state index contributed by atoms with van der Waals surface area (Å²) < 4.78 is 1.85. The van der Waals surface area contributed by atoms with E-state index in [0.717, 1.165) is 4.47 Å². The Hall–Kier alpha value is -0.180. The second-order valence-corrected chi connectivity index (χ2v) is 5.59. The van der Waals surface area contributed by atoms with Gasteiger partial charge in [0.1, 0.15) is 5.75 Å². The normalized spacial score (nSPS) is 10.7. The topological polar surface area (TPSA) is 70.6 Å². The molecule has 1 rings (SSSR count). The molecule has 0 aromatic heterocycles. The number of nitrogens with one attached hydrogen (secondary N) is 1. The fourth-order valence-electron chi connectivity index (χ4n) is 0.873. The van der Waals surface area contributed by atoms with E-state index in [4.69, 9.17) is 5.73 Å². The third-order valence-electron chi connectivity index (χ3n) is 1.55. The lowest BCUT2D eigenvalue weighted by atomic mass is 10.2. The molecule has 0 saturated carbocycles. The molecule has 0 aliphatic rings. The molecule has 0 bridgehead atoms. The van der Waals surface area contributed by atoms with Crippen LogP contribution in [0.3, 0.4) is 0 Å².